The van der Waals surface area contributed by atoms with Gasteiger partial charge in [0.2, 0.25) is 0 Å². The number of benzene rings is 4. The van der Waals surface area contributed by atoms with Crippen LogP contribution in [0.1, 0.15) is 41.7 Å². The van der Waals surface area contributed by atoms with Crippen molar-refractivity contribution in [3.05, 3.63) is 137 Å². The van der Waals surface area contributed by atoms with E-state index in [2.05, 4.69) is 61.1 Å². The van der Waals surface area contributed by atoms with Crippen molar-refractivity contribution in [3.63, 3.8) is 0 Å². The van der Waals surface area contributed by atoms with Crippen molar-refractivity contribution in [2.24, 2.45) is 0 Å². The highest BCUT2D eigenvalue weighted by Crippen LogP contribution is 2.40. The lowest BCUT2D eigenvalue weighted by molar-refractivity contribution is -0.157. The third-order valence-corrected chi connectivity index (χ3v) is 12.3. The molecular weight excluding hydrogens is 710 g/mol. The van der Waals surface area contributed by atoms with Crippen LogP contribution in [0.15, 0.2) is 103 Å². The number of carbonyl (C=O) groups is 1. The van der Waals surface area contributed by atoms with E-state index in [0.717, 1.165) is 33.6 Å². The number of urea groups is 1. The van der Waals surface area contributed by atoms with Gasteiger partial charge in [0.25, 0.3) is 0 Å². The number of nitriles is 1. The second-order valence-electron chi connectivity index (χ2n) is 16.4. The normalized spacial score (nSPS) is 21.1. The number of halogens is 1. The summed E-state index contributed by atoms with van der Waals surface area (Å²) >= 11 is 0. The van der Waals surface area contributed by atoms with Crippen molar-refractivity contribution in [1.82, 2.24) is 19.6 Å². The minimum absolute atomic E-state index is 0.0621. The van der Waals surface area contributed by atoms with Gasteiger partial charge in [-0.3, -0.25) is 0 Å². The zero-order valence-electron chi connectivity index (χ0n) is 32.3. The Morgan fingerprint density at radius 1 is 0.818 bits per heavy atom. The first-order valence-corrected chi connectivity index (χ1v) is 22.8. The Balaban J connectivity index is 1.29. The molecule has 286 valence electrons. The Bertz CT molecular complexity index is 2150. The Morgan fingerprint density at radius 2 is 1.38 bits per heavy atom. The summed E-state index contributed by atoms with van der Waals surface area (Å²) < 4.78 is 36.1. The van der Waals surface area contributed by atoms with Crippen molar-refractivity contribution < 1.29 is 23.4 Å². The van der Waals surface area contributed by atoms with Crippen LogP contribution >= 0.6 is 0 Å². The van der Waals surface area contributed by atoms with Crippen molar-refractivity contribution in [2.75, 3.05) is 6.61 Å². The zero-order valence-corrected chi connectivity index (χ0v) is 33.3. The number of ether oxygens (including phenoxy) is 3. The molecule has 11 heteroatoms. The molecular formula is C44H50FN5O4Si. The first-order chi connectivity index (χ1) is 26.4. The van der Waals surface area contributed by atoms with Gasteiger partial charge in [-0.2, -0.15) is 10.4 Å². The topological polar surface area (TPSA) is 92.8 Å². The second kappa shape index (κ2) is 16.1. The SMILES string of the molecule is CC1(C)O[C@@H]2[C@@H](O1)[C@@H](Cc1ccccc1)N(Cc1ccc3c(cnn3COCC[Si](C)(C)C)c1)C(=O)N(Cc1ccc(F)c(C#N)c1)[C@@H]2Cc1ccccc1. The van der Waals surface area contributed by atoms with Crippen molar-refractivity contribution >= 4 is 25.0 Å². The van der Waals surface area contributed by atoms with Gasteiger partial charge in [-0.1, -0.05) is 92.4 Å². The van der Waals surface area contributed by atoms with Crippen LogP contribution in [-0.4, -0.2) is 70.4 Å². The van der Waals surface area contributed by atoms with Crippen LogP contribution in [0.5, 0.6) is 0 Å². The van der Waals surface area contributed by atoms with Gasteiger partial charge < -0.3 is 24.0 Å². The third kappa shape index (κ3) is 9.00. The standard InChI is InChI=1S/C44H50FN5O4Si/c1-44(2)53-41-39(24-31-12-8-6-9-13-31)48(28-33-16-18-37(45)35(22-33)26-46)43(51)49(40(42(41)54-44)25-32-14-10-7-11-15-32)29-34-17-19-38-36(23-34)27-47-50(38)30-52-20-21-55(3,4)5/h6-19,22-23,27,39-42H,20-21,24-25,28-30H2,1-5H3/t39-,40-,41+,42+/m1/s1. The molecule has 5 aromatic rings. The molecule has 0 N–H and O–H groups in total. The minimum Gasteiger partial charge on any atom is -0.360 e. The Labute approximate surface area is 324 Å². The number of carbonyl (C=O) groups excluding carboxylic acids is 1. The maximum absolute atomic E-state index is 15.4. The second-order valence-corrected chi connectivity index (χ2v) is 22.0. The van der Waals surface area contributed by atoms with E-state index in [1.807, 2.05) is 83.1 Å². The smallest absolute Gasteiger partial charge is 0.321 e. The third-order valence-electron chi connectivity index (χ3n) is 10.6. The Kier molecular flexibility index (Phi) is 11.2. The molecule has 55 heavy (non-hydrogen) atoms. The van der Waals surface area contributed by atoms with E-state index in [9.17, 15) is 9.65 Å². The lowest BCUT2D eigenvalue weighted by atomic mass is 9.91. The fourth-order valence-corrected chi connectivity index (χ4v) is 8.52. The van der Waals surface area contributed by atoms with Gasteiger partial charge in [0.1, 0.15) is 30.8 Å². The number of fused-ring (bicyclic) bond motifs is 2. The van der Waals surface area contributed by atoms with Gasteiger partial charge >= 0.3 is 6.03 Å². The quantitative estimate of drug-likeness (QED) is 0.0883. The maximum atomic E-state index is 15.4. The molecule has 1 aromatic heterocycles. The van der Waals surface area contributed by atoms with Crippen LogP contribution in [-0.2, 0) is 46.9 Å². The molecule has 2 fully saturated rings. The highest BCUT2D eigenvalue weighted by atomic mass is 28.3. The summed E-state index contributed by atoms with van der Waals surface area (Å²) in [5.74, 6) is -1.50. The Hall–Kier alpha value is -4.86. The molecule has 0 saturated carbocycles. The van der Waals surface area contributed by atoms with Crippen LogP contribution in [0.2, 0.25) is 25.7 Å². The molecule has 4 atom stereocenters. The summed E-state index contributed by atoms with van der Waals surface area (Å²) in [5, 5.41) is 15.3. The summed E-state index contributed by atoms with van der Waals surface area (Å²) in [4.78, 5) is 19.2. The van der Waals surface area contributed by atoms with Crippen molar-refractivity contribution in [3.8, 4) is 6.07 Å². The van der Waals surface area contributed by atoms with E-state index < -0.39 is 44.0 Å². The lowest BCUT2D eigenvalue weighted by Gasteiger charge is -2.37. The summed E-state index contributed by atoms with van der Waals surface area (Å²) in [6, 6.07) is 32.9. The molecule has 0 spiro atoms. The zero-order chi connectivity index (χ0) is 38.7. The maximum Gasteiger partial charge on any atom is 0.321 e. The lowest BCUT2D eigenvalue weighted by Crippen LogP contribution is -2.51. The predicted molar refractivity (Wildman–Crippen MR) is 213 cm³/mol. The molecule has 4 aromatic carbocycles. The Morgan fingerprint density at radius 3 is 1.95 bits per heavy atom. The van der Waals surface area contributed by atoms with Crippen LogP contribution in [0, 0.1) is 17.1 Å². The molecule has 2 aliphatic rings. The summed E-state index contributed by atoms with van der Waals surface area (Å²) in [7, 11) is -1.21. The number of hydrogen-bond donors (Lipinski definition) is 0. The van der Waals surface area contributed by atoms with Gasteiger partial charge in [0.15, 0.2) is 5.79 Å². The van der Waals surface area contributed by atoms with E-state index in [0.29, 0.717) is 38.3 Å². The van der Waals surface area contributed by atoms with Gasteiger partial charge in [-0.05, 0) is 79.3 Å². The molecule has 2 aliphatic heterocycles. The number of hydrogen-bond acceptors (Lipinski definition) is 6. The monoisotopic (exact) mass is 759 g/mol. The van der Waals surface area contributed by atoms with Crippen molar-refractivity contribution in [1.29, 1.82) is 5.26 Å². The van der Waals surface area contributed by atoms with E-state index in [1.165, 1.54) is 12.1 Å². The number of aromatic nitrogens is 2. The number of rotatable bonds is 13. The highest BCUT2D eigenvalue weighted by molar-refractivity contribution is 6.76. The van der Waals surface area contributed by atoms with Crippen LogP contribution in [0.4, 0.5) is 9.18 Å². The molecule has 9 nitrogen and oxygen atoms in total. The minimum atomic E-state index is -1.21. The average Bonchev–Trinajstić information content (AvgIpc) is 3.70. The van der Waals surface area contributed by atoms with Crippen LogP contribution in [0.25, 0.3) is 10.9 Å². The fourth-order valence-electron chi connectivity index (χ4n) is 7.77. The number of nitrogens with zero attached hydrogens (tertiary/aromatic N) is 5. The molecule has 0 unspecified atom stereocenters. The summed E-state index contributed by atoms with van der Waals surface area (Å²) in [6.45, 7) is 12.4. The molecule has 0 aliphatic carbocycles. The first kappa shape index (κ1) is 38.4. The fraction of sp³-hybridized carbons (Fsp3) is 0.386. The molecule has 0 radical (unpaired) electrons. The van der Waals surface area contributed by atoms with Gasteiger partial charge in [0, 0.05) is 33.2 Å². The molecule has 2 amide bonds. The molecule has 7 rings (SSSR count). The van der Waals surface area contributed by atoms with Gasteiger partial charge in [-0.25, -0.2) is 13.9 Å². The summed E-state index contributed by atoms with van der Waals surface area (Å²) in [6.07, 6.45) is 1.94. The molecule has 0 bridgehead atoms. The van der Waals surface area contributed by atoms with E-state index in [1.54, 1.807) is 6.07 Å². The molecule has 3 heterocycles. The summed E-state index contributed by atoms with van der Waals surface area (Å²) in [5.41, 5.74) is 4.63. The van der Waals surface area contributed by atoms with E-state index in [4.69, 9.17) is 14.2 Å². The van der Waals surface area contributed by atoms with Crippen molar-refractivity contribution in [2.45, 2.75) is 102 Å². The predicted octanol–water partition coefficient (Wildman–Crippen LogP) is 8.54. The van der Waals surface area contributed by atoms with E-state index >= 15 is 4.79 Å². The molecule has 2 saturated heterocycles. The number of amides is 2. The van der Waals surface area contributed by atoms with Gasteiger partial charge in [-0.15, -0.1) is 0 Å². The van der Waals surface area contributed by atoms with Crippen LogP contribution in [0.3, 0.4) is 0 Å². The van der Waals surface area contributed by atoms with E-state index in [-0.39, 0.29) is 18.1 Å². The average molecular weight is 760 g/mol. The van der Waals surface area contributed by atoms with Gasteiger partial charge in [0.05, 0.1) is 29.4 Å². The largest absolute Gasteiger partial charge is 0.360 e. The first-order valence-electron chi connectivity index (χ1n) is 19.1. The highest BCUT2D eigenvalue weighted by Gasteiger charge is 2.55. The van der Waals surface area contributed by atoms with Crippen LogP contribution < -0.4 is 0 Å².